The minimum atomic E-state index is -0.675. The number of benzene rings is 4. The van der Waals surface area contributed by atoms with Gasteiger partial charge in [-0.25, -0.2) is 19.6 Å². The average Bonchev–Trinajstić information content (AvgIpc) is 4.18. The molecular formula is C54H64N8O6S2. The lowest BCUT2D eigenvalue weighted by Crippen LogP contribution is -2.49. The molecule has 0 spiro atoms. The Hall–Kier alpha value is -6.00. The summed E-state index contributed by atoms with van der Waals surface area (Å²) in [4.78, 5) is 73.7. The van der Waals surface area contributed by atoms with Gasteiger partial charge in [-0.1, -0.05) is 62.4 Å². The highest BCUT2D eigenvalue weighted by molar-refractivity contribution is 7.98. The van der Waals surface area contributed by atoms with Crippen LogP contribution in [0.3, 0.4) is 0 Å². The van der Waals surface area contributed by atoms with Crippen molar-refractivity contribution in [2.45, 2.75) is 89.4 Å². The number of hydrogen-bond donors (Lipinski definition) is 4. The number of amides is 4. The fourth-order valence-electron chi connectivity index (χ4n) is 10.7. The number of imidazole rings is 2. The number of aromatic nitrogens is 4. The third kappa shape index (κ3) is 10.5. The molecule has 12 rings (SSSR count). The molecule has 4 aliphatic carbocycles. The summed E-state index contributed by atoms with van der Waals surface area (Å²) in [6.07, 6.45) is 8.79. The largest absolute Gasteiger partial charge is 0.453 e. The number of likely N-dealkylation sites (tertiary alicyclic amines) is 2. The molecule has 4 bridgehead atoms. The van der Waals surface area contributed by atoms with E-state index in [2.05, 4.69) is 107 Å². The molecule has 4 heterocycles. The Morgan fingerprint density at radius 3 is 1.46 bits per heavy atom. The lowest BCUT2D eigenvalue weighted by Gasteiger charge is -2.28. The van der Waals surface area contributed by atoms with Crippen molar-refractivity contribution in [3.63, 3.8) is 0 Å². The number of thioether (sulfide) groups is 2. The molecule has 6 aliphatic rings. The molecule has 4 amide bonds. The first-order valence-corrected chi connectivity index (χ1v) is 27.2. The summed E-state index contributed by atoms with van der Waals surface area (Å²) >= 11 is 3.28. The van der Waals surface area contributed by atoms with Crippen molar-refractivity contribution in [1.29, 1.82) is 0 Å². The maximum Gasteiger partial charge on any atom is 0.407 e. The third-order valence-electron chi connectivity index (χ3n) is 14.3. The molecule has 2 fully saturated rings. The van der Waals surface area contributed by atoms with Crippen LogP contribution < -0.4 is 10.6 Å². The van der Waals surface area contributed by atoms with Crippen molar-refractivity contribution in [2.24, 2.45) is 11.8 Å². The Morgan fingerprint density at radius 2 is 1.06 bits per heavy atom. The van der Waals surface area contributed by atoms with Crippen LogP contribution in [0.1, 0.15) is 85.5 Å². The Labute approximate surface area is 418 Å². The first kappa shape index (κ1) is 49.0. The number of aromatic amines is 2. The molecule has 0 unspecified atom stereocenters. The smallest absolute Gasteiger partial charge is 0.407 e. The zero-order valence-corrected chi connectivity index (χ0v) is 42.6. The highest BCUT2D eigenvalue weighted by Gasteiger charge is 2.41. The Morgan fingerprint density at radius 1 is 0.629 bits per heavy atom. The molecule has 368 valence electrons. The summed E-state index contributed by atoms with van der Waals surface area (Å²) in [6, 6.07) is 24.9. The molecule has 14 nitrogen and oxygen atoms in total. The predicted molar refractivity (Wildman–Crippen MR) is 279 cm³/mol. The zero-order chi connectivity index (χ0) is 49.1. The summed E-state index contributed by atoms with van der Waals surface area (Å²) in [7, 11) is 2.63. The monoisotopic (exact) mass is 984 g/mol. The first-order chi connectivity index (χ1) is 33.9. The summed E-state index contributed by atoms with van der Waals surface area (Å²) in [5, 5.41) is 5.55. The van der Waals surface area contributed by atoms with E-state index in [1.807, 2.05) is 22.3 Å². The van der Waals surface area contributed by atoms with Gasteiger partial charge in [0.15, 0.2) is 0 Å². The molecule has 2 aliphatic heterocycles. The summed E-state index contributed by atoms with van der Waals surface area (Å²) in [5.74, 6) is 3.32. The molecule has 70 heavy (non-hydrogen) atoms. The van der Waals surface area contributed by atoms with Gasteiger partial charge in [-0.15, -0.1) is 0 Å². The molecule has 0 saturated carbocycles. The van der Waals surface area contributed by atoms with Crippen molar-refractivity contribution >= 4 is 69.6 Å². The summed E-state index contributed by atoms with van der Waals surface area (Å²) in [5.41, 5.74) is 13.3. The van der Waals surface area contributed by atoms with E-state index in [0.29, 0.717) is 25.9 Å². The quantitative estimate of drug-likeness (QED) is 0.0823. The van der Waals surface area contributed by atoms with E-state index >= 15 is 0 Å². The minimum Gasteiger partial charge on any atom is -0.453 e. The number of fused-ring (bicyclic) bond motifs is 2. The maximum atomic E-state index is 14.0. The number of nitrogens with one attached hydrogen (secondary N) is 4. The van der Waals surface area contributed by atoms with Crippen molar-refractivity contribution in [3.05, 3.63) is 107 Å². The number of carbonyl (C=O) groups is 4. The number of H-pyrrole nitrogens is 2. The second-order valence-electron chi connectivity index (χ2n) is 19.3. The van der Waals surface area contributed by atoms with Crippen molar-refractivity contribution in [2.75, 3.05) is 51.3 Å². The SMILES string of the molecule is COC(=O)N[C@@H](CCSC)C(=O)N1C[C@H](C)C[C@H]1c1nc2cc(-c3cc4ccc3CCc3ccc(c(-c5ccc6[nH]c([C@@H]7C[C@@H](C)CN7C(=O)[C@H](CCSC)NC(=O)OC)nc6c5)c3)CC4)ccc2[nH]1. The standard InChI is InChI=1S/C54H64N8O6S2/c1-31-23-47(61(29-31)51(63)43(19-21-69-5)59-53(65)67-3)49-55-41-17-15-37(27-45(41)57-49)39-25-33-7-11-35(39)13-9-34-8-12-36(14-10-33)40(26-34)38-16-18-42-46(28-38)58-50(56-42)48-24-32(2)30-62(48)52(64)44(20-22-70-6)60-54(66)68-4/h7-8,11-12,15-18,25-28,31-32,43-44,47-48H,9-10,13-14,19-24,29-30H2,1-6H3,(H,55,57)(H,56,58)(H,59,65)(H,60,66)/t31-,32-,43+,44+,47+,48+/m1/s1. The van der Waals surface area contributed by atoms with Crippen LogP contribution in [-0.4, -0.2) is 117 Å². The fraction of sp³-hybridized carbons (Fsp3) is 0.444. The average molecular weight is 985 g/mol. The highest BCUT2D eigenvalue weighted by Crippen LogP contribution is 2.39. The van der Waals surface area contributed by atoms with Gasteiger partial charge in [-0.05, 0) is 156 Å². The molecule has 0 radical (unpaired) electrons. The topological polar surface area (TPSA) is 175 Å². The normalized spacial score (nSPS) is 19.8. The van der Waals surface area contributed by atoms with Gasteiger partial charge < -0.3 is 39.9 Å². The molecule has 2 saturated heterocycles. The second-order valence-corrected chi connectivity index (χ2v) is 21.3. The zero-order valence-electron chi connectivity index (χ0n) is 40.9. The molecular weight excluding hydrogens is 921 g/mol. The van der Waals surface area contributed by atoms with Crippen LogP contribution in [0.2, 0.25) is 0 Å². The lowest BCUT2D eigenvalue weighted by molar-refractivity contribution is -0.135. The number of hydrogen-bond acceptors (Lipinski definition) is 10. The molecule has 4 aromatic carbocycles. The van der Waals surface area contributed by atoms with Crippen molar-refractivity contribution < 1.29 is 28.7 Å². The number of alkyl carbamates (subject to hydrolysis) is 2. The molecule has 6 atom stereocenters. The van der Waals surface area contributed by atoms with Crippen LogP contribution in [0.4, 0.5) is 9.59 Å². The molecule has 4 N–H and O–H groups in total. The van der Waals surface area contributed by atoms with E-state index < -0.39 is 24.3 Å². The van der Waals surface area contributed by atoms with Gasteiger partial charge >= 0.3 is 12.2 Å². The summed E-state index contributed by atoms with van der Waals surface area (Å²) in [6.45, 7) is 5.49. The minimum absolute atomic E-state index is 0.112. The highest BCUT2D eigenvalue weighted by atomic mass is 32.2. The van der Waals surface area contributed by atoms with E-state index in [4.69, 9.17) is 19.4 Å². The van der Waals surface area contributed by atoms with Gasteiger partial charge in [0.1, 0.15) is 23.7 Å². The molecule has 16 heteroatoms. The van der Waals surface area contributed by atoms with Gasteiger partial charge in [0, 0.05) is 13.1 Å². The van der Waals surface area contributed by atoms with E-state index in [1.165, 1.54) is 47.6 Å². The van der Waals surface area contributed by atoms with Crippen molar-refractivity contribution in [3.8, 4) is 22.3 Å². The Kier molecular flexibility index (Phi) is 15.1. The van der Waals surface area contributed by atoms with Gasteiger partial charge in [0.2, 0.25) is 11.8 Å². The van der Waals surface area contributed by atoms with E-state index in [1.54, 1.807) is 23.5 Å². The van der Waals surface area contributed by atoms with Crippen LogP contribution in [0, 0.1) is 11.8 Å². The predicted octanol–water partition coefficient (Wildman–Crippen LogP) is 9.43. The molecule has 2 aromatic heterocycles. The Balaban J connectivity index is 0.942. The van der Waals surface area contributed by atoms with E-state index in [0.717, 1.165) is 94.9 Å². The summed E-state index contributed by atoms with van der Waals surface area (Å²) < 4.78 is 9.73. The number of carbonyl (C=O) groups excluding carboxylic acids is 4. The number of aryl methyl sites for hydroxylation is 4. The van der Waals surface area contributed by atoms with Crippen LogP contribution in [0.25, 0.3) is 44.3 Å². The molecule has 6 aromatic rings. The second kappa shape index (κ2) is 21.6. The maximum absolute atomic E-state index is 14.0. The van der Waals surface area contributed by atoms with E-state index in [9.17, 15) is 19.2 Å². The third-order valence-corrected chi connectivity index (χ3v) is 15.6. The van der Waals surface area contributed by atoms with Crippen molar-refractivity contribution in [1.82, 2.24) is 40.4 Å². The van der Waals surface area contributed by atoms with E-state index in [-0.39, 0.29) is 35.7 Å². The lowest BCUT2D eigenvalue weighted by atomic mass is 9.87. The Bertz CT molecular complexity index is 2710. The van der Waals surface area contributed by atoms with Gasteiger partial charge in [0.25, 0.3) is 0 Å². The number of ether oxygens (including phenoxy) is 2. The van der Waals surface area contributed by atoms with Crippen LogP contribution in [0.15, 0.2) is 72.8 Å². The van der Waals surface area contributed by atoms with Gasteiger partial charge in [-0.2, -0.15) is 23.5 Å². The van der Waals surface area contributed by atoms with Crippen LogP contribution in [-0.2, 0) is 44.7 Å². The number of nitrogens with zero attached hydrogens (tertiary/aromatic N) is 4. The van der Waals surface area contributed by atoms with Crippen LogP contribution in [0.5, 0.6) is 0 Å². The first-order valence-electron chi connectivity index (χ1n) is 24.4. The van der Waals surface area contributed by atoms with Crippen LogP contribution >= 0.6 is 23.5 Å². The fourth-order valence-corrected chi connectivity index (χ4v) is 11.6. The number of rotatable bonds is 14. The van der Waals surface area contributed by atoms with Gasteiger partial charge in [0.05, 0.1) is 48.4 Å². The number of methoxy groups -OCH3 is 2. The van der Waals surface area contributed by atoms with Gasteiger partial charge in [-0.3, -0.25) is 9.59 Å².